The summed E-state index contributed by atoms with van der Waals surface area (Å²) in [6.07, 6.45) is 3.98. The van der Waals surface area contributed by atoms with Crippen LogP contribution in [0.5, 0.6) is 0 Å². The quantitative estimate of drug-likeness (QED) is 0.897. The maximum atomic E-state index is 13.4. The fraction of sp³-hybridized carbons (Fsp3) is 0.375. The maximum Gasteiger partial charge on any atom is 0.223 e. The van der Waals surface area contributed by atoms with Crippen LogP contribution in [0, 0.1) is 11.7 Å². The SMILES string of the molecule is O=C(NCC(O)c1ccc(Cl)c(F)c1)C1CCn2ccnc2C1. The van der Waals surface area contributed by atoms with Crippen LogP contribution in [-0.4, -0.2) is 27.1 Å². The van der Waals surface area contributed by atoms with Crippen molar-refractivity contribution in [2.45, 2.75) is 25.5 Å². The average molecular weight is 338 g/mol. The monoisotopic (exact) mass is 337 g/mol. The molecule has 0 aliphatic carbocycles. The molecule has 1 aliphatic rings. The highest BCUT2D eigenvalue weighted by atomic mass is 35.5. The number of rotatable bonds is 4. The van der Waals surface area contributed by atoms with Crippen LogP contribution in [0.3, 0.4) is 0 Å². The average Bonchev–Trinajstić information content (AvgIpc) is 3.02. The van der Waals surface area contributed by atoms with Crippen molar-refractivity contribution in [2.24, 2.45) is 5.92 Å². The summed E-state index contributed by atoms with van der Waals surface area (Å²) >= 11 is 5.61. The van der Waals surface area contributed by atoms with Gasteiger partial charge in [0.25, 0.3) is 0 Å². The third-order valence-corrected chi connectivity index (χ3v) is 4.42. The molecule has 0 saturated heterocycles. The van der Waals surface area contributed by atoms with Crippen LogP contribution < -0.4 is 5.32 Å². The molecule has 23 heavy (non-hydrogen) atoms. The molecule has 0 bridgehead atoms. The van der Waals surface area contributed by atoms with Crippen LogP contribution >= 0.6 is 11.6 Å². The second-order valence-corrected chi connectivity index (χ2v) is 6.07. The number of halogens is 2. The van der Waals surface area contributed by atoms with Gasteiger partial charge in [-0.25, -0.2) is 9.37 Å². The number of nitrogens with one attached hydrogen (secondary N) is 1. The van der Waals surface area contributed by atoms with Crippen LogP contribution in [0.15, 0.2) is 30.6 Å². The molecular weight excluding hydrogens is 321 g/mol. The first kappa shape index (κ1) is 16.0. The zero-order valence-electron chi connectivity index (χ0n) is 12.4. The second kappa shape index (κ2) is 6.68. The lowest BCUT2D eigenvalue weighted by Crippen LogP contribution is -2.37. The summed E-state index contributed by atoms with van der Waals surface area (Å²) in [4.78, 5) is 16.5. The number of aryl methyl sites for hydroxylation is 1. The molecule has 122 valence electrons. The van der Waals surface area contributed by atoms with E-state index in [1.54, 1.807) is 12.3 Å². The van der Waals surface area contributed by atoms with Crippen molar-refractivity contribution >= 4 is 17.5 Å². The lowest BCUT2D eigenvalue weighted by Gasteiger charge is -2.23. The fourth-order valence-corrected chi connectivity index (χ4v) is 2.87. The fourth-order valence-electron chi connectivity index (χ4n) is 2.75. The van der Waals surface area contributed by atoms with Gasteiger partial charge < -0.3 is 15.0 Å². The molecular formula is C16H17ClFN3O2. The number of aliphatic hydroxyl groups is 1. The van der Waals surface area contributed by atoms with Crippen LogP contribution in [-0.2, 0) is 17.8 Å². The third-order valence-electron chi connectivity index (χ3n) is 4.12. The number of benzene rings is 1. The zero-order chi connectivity index (χ0) is 16.4. The minimum atomic E-state index is -0.976. The Morgan fingerprint density at radius 1 is 1.57 bits per heavy atom. The topological polar surface area (TPSA) is 67.2 Å². The Labute approximate surface area is 138 Å². The predicted octanol–water partition coefficient (Wildman–Crippen LogP) is 2.09. The molecule has 2 heterocycles. The number of imidazole rings is 1. The van der Waals surface area contributed by atoms with E-state index >= 15 is 0 Å². The van der Waals surface area contributed by atoms with Crippen molar-refractivity contribution in [3.8, 4) is 0 Å². The molecule has 1 aromatic carbocycles. The zero-order valence-corrected chi connectivity index (χ0v) is 13.1. The minimum absolute atomic E-state index is 0.00249. The highest BCUT2D eigenvalue weighted by Gasteiger charge is 2.25. The number of hydrogen-bond acceptors (Lipinski definition) is 3. The first-order chi connectivity index (χ1) is 11.0. The Morgan fingerprint density at radius 3 is 3.17 bits per heavy atom. The molecule has 0 spiro atoms. The van der Waals surface area contributed by atoms with E-state index in [1.807, 2.05) is 10.8 Å². The summed E-state index contributed by atoms with van der Waals surface area (Å²) in [7, 11) is 0. The van der Waals surface area contributed by atoms with Gasteiger partial charge in [0.05, 0.1) is 11.1 Å². The number of hydrogen-bond donors (Lipinski definition) is 2. The van der Waals surface area contributed by atoms with Crippen molar-refractivity contribution in [2.75, 3.05) is 6.54 Å². The van der Waals surface area contributed by atoms with Gasteiger partial charge in [0, 0.05) is 37.8 Å². The molecule has 1 amide bonds. The summed E-state index contributed by atoms with van der Waals surface area (Å²) in [6, 6.07) is 4.11. The van der Waals surface area contributed by atoms with Gasteiger partial charge in [0.1, 0.15) is 11.6 Å². The molecule has 2 unspecified atom stereocenters. The largest absolute Gasteiger partial charge is 0.387 e. The Hall–Kier alpha value is -1.92. The van der Waals surface area contributed by atoms with E-state index in [2.05, 4.69) is 10.3 Å². The number of aromatic nitrogens is 2. The van der Waals surface area contributed by atoms with E-state index in [1.165, 1.54) is 12.1 Å². The van der Waals surface area contributed by atoms with Crippen molar-refractivity contribution in [1.29, 1.82) is 0 Å². The van der Waals surface area contributed by atoms with E-state index in [9.17, 15) is 14.3 Å². The van der Waals surface area contributed by atoms with Gasteiger partial charge in [-0.2, -0.15) is 0 Å². The molecule has 3 rings (SSSR count). The summed E-state index contributed by atoms with van der Waals surface area (Å²) in [5.41, 5.74) is 0.381. The Morgan fingerprint density at radius 2 is 2.39 bits per heavy atom. The molecule has 1 aromatic heterocycles. The molecule has 1 aliphatic heterocycles. The molecule has 7 heteroatoms. The number of fused-ring (bicyclic) bond motifs is 1. The Bertz CT molecular complexity index is 719. The van der Waals surface area contributed by atoms with E-state index < -0.39 is 11.9 Å². The van der Waals surface area contributed by atoms with E-state index in [0.29, 0.717) is 12.0 Å². The van der Waals surface area contributed by atoms with Gasteiger partial charge in [-0.1, -0.05) is 17.7 Å². The van der Waals surface area contributed by atoms with Crippen molar-refractivity contribution in [3.63, 3.8) is 0 Å². The molecule has 0 radical (unpaired) electrons. The standard InChI is InChI=1S/C16H17ClFN3O2/c17-12-2-1-10(7-13(12)18)14(22)9-20-16(23)11-3-5-21-6-4-19-15(21)8-11/h1-2,4,6-7,11,14,22H,3,5,8-9H2,(H,20,23). The third kappa shape index (κ3) is 3.54. The van der Waals surface area contributed by atoms with E-state index in [4.69, 9.17) is 11.6 Å². The normalized spacial score (nSPS) is 18.3. The van der Waals surface area contributed by atoms with Crippen LogP contribution in [0.25, 0.3) is 0 Å². The minimum Gasteiger partial charge on any atom is -0.387 e. The molecule has 2 atom stereocenters. The lowest BCUT2D eigenvalue weighted by molar-refractivity contribution is -0.126. The van der Waals surface area contributed by atoms with Gasteiger partial charge in [0.15, 0.2) is 0 Å². The summed E-state index contributed by atoms with van der Waals surface area (Å²) in [6.45, 7) is 0.795. The van der Waals surface area contributed by atoms with Crippen LogP contribution in [0.1, 0.15) is 23.9 Å². The van der Waals surface area contributed by atoms with Gasteiger partial charge in [-0.3, -0.25) is 4.79 Å². The first-order valence-corrected chi connectivity index (χ1v) is 7.83. The second-order valence-electron chi connectivity index (χ2n) is 5.66. The van der Waals surface area contributed by atoms with Gasteiger partial charge >= 0.3 is 0 Å². The van der Waals surface area contributed by atoms with E-state index in [0.717, 1.165) is 18.8 Å². The molecule has 0 saturated carbocycles. The summed E-state index contributed by atoms with van der Waals surface area (Å²) in [5.74, 6) is 0.0390. The van der Waals surface area contributed by atoms with Crippen molar-refractivity contribution in [3.05, 3.63) is 52.8 Å². The first-order valence-electron chi connectivity index (χ1n) is 7.45. The number of carbonyl (C=O) groups excluding carboxylic acids is 1. The molecule has 2 N–H and O–H groups in total. The number of aliphatic hydroxyl groups excluding tert-OH is 1. The number of nitrogens with zero attached hydrogens (tertiary/aromatic N) is 2. The number of carbonyl (C=O) groups is 1. The summed E-state index contributed by atoms with van der Waals surface area (Å²) < 4.78 is 15.4. The van der Waals surface area contributed by atoms with Crippen LogP contribution in [0.2, 0.25) is 5.02 Å². The maximum absolute atomic E-state index is 13.4. The predicted molar refractivity (Wildman–Crippen MR) is 83.4 cm³/mol. The molecule has 2 aromatic rings. The number of amides is 1. The van der Waals surface area contributed by atoms with Crippen LogP contribution in [0.4, 0.5) is 4.39 Å². The van der Waals surface area contributed by atoms with Crippen molar-refractivity contribution in [1.82, 2.24) is 14.9 Å². The molecule has 5 nitrogen and oxygen atoms in total. The van der Waals surface area contributed by atoms with Crippen molar-refractivity contribution < 1.29 is 14.3 Å². The molecule has 0 fully saturated rings. The Kier molecular flexibility index (Phi) is 4.63. The van der Waals surface area contributed by atoms with Gasteiger partial charge in [-0.15, -0.1) is 0 Å². The smallest absolute Gasteiger partial charge is 0.223 e. The lowest BCUT2D eigenvalue weighted by atomic mass is 9.96. The van der Waals surface area contributed by atoms with Gasteiger partial charge in [-0.05, 0) is 24.1 Å². The highest BCUT2D eigenvalue weighted by molar-refractivity contribution is 6.30. The Balaban J connectivity index is 1.55. The highest BCUT2D eigenvalue weighted by Crippen LogP contribution is 2.21. The van der Waals surface area contributed by atoms with E-state index in [-0.39, 0.29) is 23.4 Å². The summed E-state index contributed by atoms with van der Waals surface area (Å²) in [5, 5.41) is 12.8. The van der Waals surface area contributed by atoms with Gasteiger partial charge in [0.2, 0.25) is 5.91 Å².